The number of alkyl halides is 9. The number of hydrogen-bond acceptors (Lipinski definition) is 3. The van der Waals surface area contributed by atoms with E-state index in [0.717, 1.165) is 0 Å². The average Bonchev–Trinajstić information content (AvgIpc) is 2.33. The lowest BCUT2D eigenvalue weighted by Crippen LogP contribution is -2.61. The van der Waals surface area contributed by atoms with E-state index >= 15 is 0 Å². The molecule has 0 fully saturated rings. The van der Waals surface area contributed by atoms with Crippen molar-refractivity contribution in [2.24, 2.45) is 0 Å². The third-order valence-corrected chi connectivity index (χ3v) is 2.33. The highest BCUT2D eigenvalue weighted by Crippen LogP contribution is 2.54. The molecule has 1 unspecified atom stereocenters. The van der Waals surface area contributed by atoms with Crippen LogP contribution in [0.1, 0.15) is 6.42 Å². The first-order valence-electron chi connectivity index (χ1n) is 5.37. The lowest BCUT2D eigenvalue weighted by molar-refractivity contribution is -0.398. The second-order valence-corrected chi connectivity index (χ2v) is 4.21. The fourth-order valence-corrected chi connectivity index (χ4v) is 1.14. The Labute approximate surface area is 121 Å². The fourth-order valence-electron chi connectivity index (χ4n) is 1.14. The van der Waals surface area contributed by atoms with E-state index in [-0.39, 0.29) is 0 Å². The molecule has 0 aliphatic carbocycles. The van der Waals surface area contributed by atoms with Crippen LogP contribution in [0.4, 0.5) is 43.9 Å². The maximum Gasteiger partial charge on any atom is 0.460 e. The minimum atomic E-state index is -7.09. The number of ether oxygens (including phenoxy) is 1. The monoisotopic (exact) mass is 366 g/mol. The Morgan fingerprint density at radius 3 is 1.78 bits per heavy atom. The van der Waals surface area contributed by atoms with Crippen molar-refractivity contribution >= 4 is 5.97 Å². The topological polar surface area (TPSA) is 46.5 Å². The molecule has 0 spiro atoms. The Morgan fingerprint density at radius 2 is 1.43 bits per heavy atom. The van der Waals surface area contributed by atoms with Crippen molar-refractivity contribution in [3.05, 3.63) is 12.4 Å². The highest BCUT2D eigenvalue weighted by molar-refractivity contribution is 5.85. The Bertz CT molecular complexity index is 456. The molecule has 0 heterocycles. The van der Waals surface area contributed by atoms with E-state index in [9.17, 15) is 48.7 Å². The summed E-state index contributed by atoms with van der Waals surface area (Å²) >= 11 is 0. The summed E-state index contributed by atoms with van der Waals surface area (Å²) in [5, 5.41) is 8.88. The molecule has 13 heteroatoms. The quantitative estimate of drug-likeness (QED) is 0.428. The molecule has 1 N–H and O–H groups in total. The molecule has 1 atom stereocenters. The summed E-state index contributed by atoms with van der Waals surface area (Å²) < 4.78 is 128. The van der Waals surface area contributed by atoms with Gasteiger partial charge in [0.1, 0.15) is 6.61 Å². The average molecular weight is 366 g/mol. The van der Waals surface area contributed by atoms with Gasteiger partial charge in [-0.05, 0) is 0 Å². The predicted octanol–water partition coefficient (Wildman–Crippen LogP) is 3.23. The molecule has 23 heavy (non-hydrogen) atoms. The zero-order valence-electron chi connectivity index (χ0n) is 10.7. The molecule has 3 nitrogen and oxygen atoms in total. The maximum atomic E-state index is 13.0. The van der Waals surface area contributed by atoms with Crippen LogP contribution in [-0.2, 0) is 9.53 Å². The van der Waals surface area contributed by atoms with Gasteiger partial charge in [0, 0.05) is 6.42 Å². The molecule has 0 aromatic carbocycles. The van der Waals surface area contributed by atoms with Gasteiger partial charge in [-0.3, -0.25) is 0 Å². The van der Waals surface area contributed by atoms with E-state index in [2.05, 4.69) is 11.3 Å². The highest BCUT2D eigenvalue weighted by atomic mass is 19.4. The summed E-state index contributed by atoms with van der Waals surface area (Å²) in [5.74, 6) is -23.6. The van der Waals surface area contributed by atoms with Crippen LogP contribution in [0.5, 0.6) is 0 Å². The summed E-state index contributed by atoms with van der Waals surface area (Å²) in [6.45, 7) is 0.827. The van der Waals surface area contributed by atoms with Crippen LogP contribution in [0.3, 0.4) is 0 Å². The van der Waals surface area contributed by atoms with Crippen LogP contribution < -0.4 is 0 Å². The lowest BCUT2D eigenvalue weighted by atomic mass is 9.98. The van der Waals surface area contributed by atoms with Gasteiger partial charge in [-0.2, -0.15) is 43.9 Å². The number of aliphatic hydroxyl groups is 1. The van der Waals surface area contributed by atoms with Crippen LogP contribution in [-0.4, -0.2) is 47.7 Å². The molecule has 0 saturated heterocycles. The summed E-state index contributed by atoms with van der Waals surface area (Å²) in [6, 6.07) is 0. The van der Waals surface area contributed by atoms with Crippen molar-refractivity contribution in [3.63, 3.8) is 0 Å². The SMILES string of the molecule is C=C(F)C(=O)OCC(O)CC(F)(F)C(F)(F)C(F)(F)C(F)(F)F. The predicted molar refractivity (Wildman–Crippen MR) is 52.7 cm³/mol. The zero-order chi connectivity index (χ0) is 18.9. The van der Waals surface area contributed by atoms with Crippen LogP contribution in [0.2, 0.25) is 0 Å². The lowest BCUT2D eigenvalue weighted by Gasteiger charge is -2.34. The van der Waals surface area contributed by atoms with Gasteiger partial charge in [0.2, 0.25) is 5.83 Å². The van der Waals surface area contributed by atoms with E-state index in [1.165, 1.54) is 0 Å². The van der Waals surface area contributed by atoms with Gasteiger partial charge in [-0.25, -0.2) is 4.79 Å². The van der Waals surface area contributed by atoms with Gasteiger partial charge in [0.05, 0.1) is 6.10 Å². The van der Waals surface area contributed by atoms with E-state index in [1.807, 2.05) is 0 Å². The molecular formula is C10H8F10O3. The number of carbonyl (C=O) groups excluding carboxylic acids is 1. The smallest absolute Gasteiger partial charge is 0.458 e. The number of esters is 1. The van der Waals surface area contributed by atoms with Gasteiger partial charge in [0.25, 0.3) is 0 Å². The standard InChI is InChI=1S/C10H8F10O3/c1-4(11)6(22)23-3-5(21)2-7(12,13)8(14,15)9(16,17)10(18,19)20/h5,21H,1-3H2. The minimum absolute atomic E-state index is 1.56. The Balaban J connectivity index is 5.11. The van der Waals surface area contributed by atoms with Gasteiger partial charge in [-0.1, -0.05) is 6.58 Å². The first-order valence-corrected chi connectivity index (χ1v) is 5.37. The summed E-state index contributed by atoms with van der Waals surface area (Å²) in [5.41, 5.74) is 0. The molecule has 0 bridgehead atoms. The van der Waals surface area contributed by atoms with Crippen LogP contribution in [0.15, 0.2) is 12.4 Å². The molecule has 136 valence electrons. The Morgan fingerprint density at radius 1 is 1.00 bits per heavy atom. The number of hydrogen-bond donors (Lipinski definition) is 1. The third kappa shape index (κ3) is 4.48. The molecule has 0 radical (unpaired) electrons. The first-order chi connectivity index (χ1) is 9.97. The molecule has 0 rings (SSSR count). The van der Waals surface area contributed by atoms with Crippen molar-refractivity contribution in [1.82, 2.24) is 0 Å². The summed E-state index contributed by atoms with van der Waals surface area (Å²) in [7, 11) is 0. The number of rotatable bonds is 7. The maximum absolute atomic E-state index is 13.0. The molecule has 0 aromatic heterocycles. The van der Waals surface area contributed by atoms with Gasteiger partial charge >= 0.3 is 29.9 Å². The second-order valence-electron chi connectivity index (χ2n) is 4.21. The fraction of sp³-hybridized carbons (Fsp3) is 0.700. The Kier molecular flexibility index (Phi) is 6.10. The number of halogens is 10. The molecule has 0 aromatic rings. The largest absolute Gasteiger partial charge is 0.460 e. The van der Waals surface area contributed by atoms with Gasteiger partial charge < -0.3 is 9.84 Å². The molecule has 0 aliphatic heterocycles. The van der Waals surface area contributed by atoms with Crippen molar-refractivity contribution < 1.29 is 58.5 Å². The van der Waals surface area contributed by atoms with Crippen molar-refractivity contribution in [3.8, 4) is 0 Å². The third-order valence-electron chi connectivity index (χ3n) is 2.33. The molecule has 0 saturated carbocycles. The summed E-state index contributed by atoms with van der Waals surface area (Å²) in [4.78, 5) is 10.5. The first kappa shape index (κ1) is 21.5. The van der Waals surface area contributed by atoms with Crippen LogP contribution >= 0.6 is 0 Å². The number of carbonyl (C=O) groups is 1. The number of aliphatic hydroxyl groups excluding tert-OH is 1. The van der Waals surface area contributed by atoms with E-state index in [4.69, 9.17) is 5.11 Å². The second kappa shape index (κ2) is 6.53. The van der Waals surface area contributed by atoms with Crippen LogP contribution in [0, 0.1) is 0 Å². The van der Waals surface area contributed by atoms with E-state index in [1.54, 1.807) is 0 Å². The van der Waals surface area contributed by atoms with Crippen LogP contribution in [0.25, 0.3) is 0 Å². The zero-order valence-corrected chi connectivity index (χ0v) is 10.7. The molecular weight excluding hydrogens is 358 g/mol. The minimum Gasteiger partial charge on any atom is -0.458 e. The van der Waals surface area contributed by atoms with Gasteiger partial charge in [0.15, 0.2) is 0 Å². The van der Waals surface area contributed by atoms with Crippen molar-refractivity contribution in [2.45, 2.75) is 36.5 Å². The normalized spacial score (nSPS) is 15.3. The van der Waals surface area contributed by atoms with E-state index < -0.39 is 54.9 Å². The van der Waals surface area contributed by atoms with Crippen molar-refractivity contribution in [2.75, 3.05) is 6.61 Å². The highest BCUT2D eigenvalue weighted by Gasteiger charge is 2.81. The van der Waals surface area contributed by atoms with Crippen molar-refractivity contribution in [1.29, 1.82) is 0 Å². The molecule has 0 aliphatic rings. The Hall–Kier alpha value is -1.53. The molecule has 0 amide bonds. The van der Waals surface area contributed by atoms with Gasteiger partial charge in [-0.15, -0.1) is 0 Å². The summed E-state index contributed by atoms with van der Waals surface area (Å²) in [6.07, 6.45) is -12.4. The van der Waals surface area contributed by atoms with E-state index in [0.29, 0.717) is 0 Å².